The Morgan fingerprint density at radius 1 is 0.925 bits per heavy atom. The fraction of sp³-hybridized carbons (Fsp3) is 0.393. The summed E-state index contributed by atoms with van der Waals surface area (Å²) in [7, 11) is 0. The van der Waals surface area contributed by atoms with Crippen molar-refractivity contribution >= 4 is 24.1 Å². The lowest BCUT2D eigenvalue weighted by Gasteiger charge is -2.30. The zero-order valence-corrected chi connectivity index (χ0v) is 22.5. The van der Waals surface area contributed by atoms with Gasteiger partial charge in [0.15, 0.2) is 11.5 Å². The van der Waals surface area contributed by atoms with E-state index in [0.717, 1.165) is 11.1 Å². The molecule has 12 nitrogen and oxygen atoms in total. The van der Waals surface area contributed by atoms with E-state index in [0.29, 0.717) is 94.1 Å². The number of nitriles is 1. The summed E-state index contributed by atoms with van der Waals surface area (Å²) in [6.07, 6.45) is 1.67. The summed E-state index contributed by atoms with van der Waals surface area (Å²) in [6.45, 7) is 8.03. The van der Waals surface area contributed by atoms with E-state index >= 15 is 0 Å². The van der Waals surface area contributed by atoms with Crippen molar-refractivity contribution in [1.29, 1.82) is 5.26 Å². The molecule has 208 valence electrons. The van der Waals surface area contributed by atoms with Gasteiger partial charge in [-0.15, -0.1) is 0 Å². The molecule has 5 rings (SSSR count). The van der Waals surface area contributed by atoms with Gasteiger partial charge in [-0.2, -0.15) is 25.3 Å². The van der Waals surface area contributed by atoms with Crippen molar-refractivity contribution in [3.05, 3.63) is 59.2 Å². The van der Waals surface area contributed by atoms with E-state index in [1.165, 1.54) is 0 Å². The molecule has 0 bridgehead atoms. The molecule has 2 aromatic carbocycles. The lowest BCUT2D eigenvalue weighted by atomic mass is 10.1. The monoisotopic (exact) mass is 544 g/mol. The number of benzene rings is 2. The van der Waals surface area contributed by atoms with Crippen molar-refractivity contribution in [3.8, 4) is 17.6 Å². The third kappa shape index (κ3) is 6.93. The van der Waals surface area contributed by atoms with Gasteiger partial charge in [0.1, 0.15) is 6.61 Å². The summed E-state index contributed by atoms with van der Waals surface area (Å²) in [5.74, 6) is 2.72. The number of nitrogens with one attached hydrogen (secondary N) is 1. The Balaban J connectivity index is 1.30. The van der Waals surface area contributed by atoms with Crippen molar-refractivity contribution in [3.63, 3.8) is 0 Å². The predicted octanol–water partition coefficient (Wildman–Crippen LogP) is 2.84. The summed E-state index contributed by atoms with van der Waals surface area (Å²) in [5, 5.41) is 13.7. The number of hydrogen-bond donors (Lipinski definition) is 1. The fourth-order valence-electron chi connectivity index (χ4n) is 4.28. The fourth-order valence-corrected chi connectivity index (χ4v) is 4.28. The van der Waals surface area contributed by atoms with Gasteiger partial charge >= 0.3 is 0 Å². The quantitative estimate of drug-likeness (QED) is 0.299. The van der Waals surface area contributed by atoms with Gasteiger partial charge in [-0.1, -0.05) is 18.2 Å². The molecule has 0 spiro atoms. The first-order valence-electron chi connectivity index (χ1n) is 13.3. The molecule has 12 heteroatoms. The van der Waals surface area contributed by atoms with Gasteiger partial charge in [0.2, 0.25) is 17.8 Å². The van der Waals surface area contributed by atoms with E-state index in [1.807, 2.05) is 43.3 Å². The van der Waals surface area contributed by atoms with E-state index in [2.05, 4.69) is 36.4 Å². The van der Waals surface area contributed by atoms with Crippen molar-refractivity contribution in [2.24, 2.45) is 5.10 Å². The van der Waals surface area contributed by atoms with Crippen molar-refractivity contribution < 1.29 is 18.9 Å². The zero-order valence-electron chi connectivity index (χ0n) is 22.5. The number of morpholine rings is 2. The molecule has 2 saturated heterocycles. The lowest BCUT2D eigenvalue weighted by Crippen LogP contribution is -2.40. The standard InChI is InChI=1S/C28H32N8O4/c1-2-39-25-17-21(7-8-24(25)40-20-23-6-4-3-5-22(23)18-29)19-30-34-26-31-27(35-9-13-37-14-10-35)33-28(32-26)36-11-15-38-16-12-36/h3-8,17,19H,2,9-16,20H2,1H3,(H,31,32,33,34)/b30-19-. The summed E-state index contributed by atoms with van der Waals surface area (Å²) in [6, 6.07) is 15.1. The number of anilines is 3. The average Bonchev–Trinajstić information content (AvgIpc) is 3.01. The molecule has 3 heterocycles. The highest BCUT2D eigenvalue weighted by atomic mass is 16.5. The molecular weight excluding hydrogens is 512 g/mol. The number of hydrazone groups is 1. The minimum Gasteiger partial charge on any atom is -0.490 e. The summed E-state index contributed by atoms with van der Waals surface area (Å²) in [5.41, 5.74) is 5.17. The maximum absolute atomic E-state index is 9.34. The number of aromatic nitrogens is 3. The summed E-state index contributed by atoms with van der Waals surface area (Å²) >= 11 is 0. The Morgan fingerprint density at radius 3 is 2.25 bits per heavy atom. The third-order valence-electron chi connectivity index (χ3n) is 6.37. The minimum absolute atomic E-state index is 0.259. The van der Waals surface area contributed by atoms with Gasteiger partial charge in [-0.05, 0) is 36.8 Å². The largest absolute Gasteiger partial charge is 0.490 e. The molecule has 1 N–H and O–H groups in total. The lowest BCUT2D eigenvalue weighted by molar-refractivity contribution is 0.121. The second-order valence-corrected chi connectivity index (χ2v) is 9.02. The Morgan fingerprint density at radius 2 is 1.60 bits per heavy atom. The smallest absolute Gasteiger partial charge is 0.250 e. The van der Waals surface area contributed by atoms with Crippen LogP contribution in [0.1, 0.15) is 23.6 Å². The van der Waals surface area contributed by atoms with Gasteiger partial charge in [0.05, 0.1) is 50.9 Å². The Labute approximate surface area is 233 Å². The third-order valence-corrected chi connectivity index (χ3v) is 6.37. The van der Waals surface area contributed by atoms with E-state index < -0.39 is 0 Å². The molecule has 2 fully saturated rings. The Hall–Kier alpha value is -4.47. The summed E-state index contributed by atoms with van der Waals surface area (Å²) < 4.78 is 22.8. The molecule has 0 atom stereocenters. The molecule has 0 saturated carbocycles. The molecule has 0 aliphatic carbocycles. The normalized spacial score (nSPS) is 15.6. The molecular formula is C28H32N8O4. The molecule has 0 amide bonds. The van der Waals surface area contributed by atoms with Crippen molar-refractivity contribution in [2.75, 3.05) is 74.4 Å². The topological polar surface area (TPSA) is 130 Å². The molecule has 0 radical (unpaired) electrons. The van der Waals surface area contributed by atoms with Gasteiger partial charge in [0, 0.05) is 31.7 Å². The zero-order chi connectivity index (χ0) is 27.6. The second-order valence-electron chi connectivity index (χ2n) is 9.02. The van der Waals surface area contributed by atoms with Gasteiger partial charge in [-0.25, -0.2) is 5.43 Å². The minimum atomic E-state index is 0.259. The number of hydrogen-bond acceptors (Lipinski definition) is 12. The van der Waals surface area contributed by atoms with Crippen LogP contribution in [0.5, 0.6) is 11.5 Å². The van der Waals surface area contributed by atoms with E-state index in [9.17, 15) is 5.26 Å². The van der Waals surface area contributed by atoms with Crippen LogP contribution in [0.3, 0.4) is 0 Å². The summed E-state index contributed by atoms with van der Waals surface area (Å²) in [4.78, 5) is 18.1. The highest BCUT2D eigenvalue weighted by molar-refractivity contribution is 5.81. The van der Waals surface area contributed by atoms with E-state index in [4.69, 9.17) is 23.9 Å². The first-order valence-corrected chi connectivity index (χ1v) is 13.3. The SMILES string of the molecule is CCOc1cc(/C=N\Nc2nc(N3CCOCC3)nc(N3CCOCC3)n2)ccc1OCc1ccccc1C#N. The molecule has 2 aliphatic heterocycles. The van der Waals surface area contributed by atoms with E-state index in [1.54, 1.807) is 12.3 Å². The molecule has 1 aromatic heterocycles. The van der Waals surface area contributed by atoms with Crippen LogP contribution in [0.15, 0.2) is 47.6 Å². The van der Waals surface area contributed by atoms with Gasteiger partial charge < -0.3 is 28.7 Å². The van der Waals surface area contributed by atoms with Crippen LogP contribution < -0.4 is 24.7 Å². The van der Waals surface area contributed by atoms with Crippen LogP contribution in [0.4, 0.5) is 17.8 Å². The number of ether oxygens (including phenoxy) is 4. The van der Waals surface area contributed by atoms with E-state index in [-0.39, 0.29) is 6.61 Å². The van der Waals surface area contributed by atoms with Crippen LogP contribution in [0.2, 0.25) is 0 Å². The first-order chi connectivity index (χ1) is 19.7. The first kappa shape index (κ1) is 27.1. The molecule has 2 aliphatic rings. The van der Waals surface area contributed by atoms with Crippen molar-refractivity contribution in [2.45, 2.75) is 13.5 Å². The van der Waals surface area contributed by atoms with Crippen LogP contribution in [-0.2, 0) is 16.1 Å². The molecule has 40 heavy (non-hydrogen) atoms. The Bertz CT molecular complexity index is 1310. The van der Waals surface area contributed by atoms with Crippen molar-refractivity contribution in [1.82, 2.24) is 15.0 Å². The molecule has 3 aromatic rings. The average molecular weight is 545 g/mol. The van der Waals surface area contributed by atoms with Gasteiger partial charge in [-0.3, -0.25) is 0 Å². The number of rotatable bonds is 10. The predicted molar refractivity (Wildman–Crippen MR) is 150 cm³/mol. The second kappa shape index (κ2) is 13.5. The van der Waals surface area contributed by atoms with Gasteiger partial charge in [0.25, 0.3) is 0 Å². The maximum Gasteiger partial charge on any atom is 0.250 e. The van der Waals surface area contributed by atoms with Crippen LogP contribution in [0.25, 0.3) is 0 Å². The van der Waals surface area contributed by atoms with Crippen LogP contribution in [0, 0.1) is 11.3 Å². The highest BCUT2D eigenvalue weighted by Gasteiger charge is 2.20. The van der Waals surface area contributed by atoms with Crippen LogP contribution in [-0.4, -0.2) is 80.4 Å². The Kier molecular flexibility index (Phi) is 9.18. The number of nitrogens with zero attached hydrogens (tertiary/aromatic N) is 7. The maximum atomic E-state index is 9.34. The molecule has 0 unspecified atom stereocenters. The van der Waals surface area contributed by atoms with Crippen LogP contribution >= 0.6 is 0 Å². The highest BCUT2D eigenvalue weighted by Crippen LogP contribution is 2.29.